The second kappa shape index (κ2) is 7.04. The summed E-state index contributed by atoms with van der Waals surface area (Å²) in [7, 11) is 1.64. The van der Waals surface area contributed by atoms with Crippen LogP contribution < -0.4 is 10.1 Å². The molecule has 1 atom stereocenters. The Balaban J connectivity index is 1.62. The monoisotopic (exact) mass is 347 g/mol. The van der Waals surface area contributed by atoms with Crippen molar-refractivity contribution >= 4 is 5.91 Å². The normalized spacial score (nSPS) is 14.7. The van der Waals surface area contributed by atoms with Crippen LogP contribution in [0.1, 0.15) is 52.1 Å². The number of hydrogen-bond donors (Lipinski definition) is 2. The minimum Gasteiger partial charge on any atom is -0.497 e. The maximum absolute atomic E-state index is 12.8. The van der Waals surface area contributed by atoms with Gasteiger partial charge in [-0.05, 0) is 42.2 Å². The Kier molecular flexibility index (Phi) is 4.44. The van der Waals surface area contributed by atoms with E-state index in [9.17, 15) is 4.79 Å². The fraction of sp³-hybridized carbons (Fsp3) is 0.238. The van der Waals surface area contributed by atoms with Crippen molar-refractivity contribution in [2.75, 3.05) is 7.11 Å². The highest BCUT2D eigenvalue weighted by Gasteiger charge is 2.27. The minimum absolute atomic E-state index is 0.190. The predicted molar refractivity (Wildman–Crippen MR) is 99.3 cm³/mol. The summed E-state index contributed by atoms with van der Waals surface area (Å²) in [5.41, 5.74) is 3.44. The van der Waals surface area contributed by atoms with Gasteiger partial charge >= 0.3 is 0 Å². The topological polar surface area (TPSA) is 67.0 Å². The number of amides is 1. The Morgan fingerprint density at radius 2 is 1.88 bits per heavy atom. The molecule has 1 fully saturated rings. The number of H-pyrrole nitrogens is 1. The first-order valence-corrected chi connectivity index (χ1v) is 8.79. The van der Waals surface area contributed by atoms with Crippen molar-refractivity contribution in [3.63, 3.8) is 0 Å². The van der Waals surface area contributed by atoms with Crippen LogP contribution in [0.4, 0.5) is 0 Å². The van der Waals surface area contributed by atoms with Gasteiger partial charge in [0.1, 0.15) is 11.4 Å². The van der Waals surface area contributed by atoms with Crippen LogP contribution in [0.2, 0.25) is 0 Å². The lowest BCUT2D eigenvalue weighted by atomic mass is 9.98. The molecule has 0 spiro atoms. The third-order valence-electron chi connectivity index (χ3n) is 4.68. The first-order chi connectivity index (χ1) is 12.7. The SMILES string of the molecule is COc1cccc(C(NC(=O)c2cc(C3CC3)[nH]n2)c2ccccc2)c1. The van der Waals surface area contributed by atoms with E-state index >= 15 is 0 Å². The predicted octanol–water partition coefficient (Wildman–Crippen LogP) is 3.82. The molecule has 1 aromatic heterocycles. The highest BCUT2D eigenvalue weighted by molar-refractivity contribution is 5.93. The molecular formula is C21H21N3O2. The van der Waals surface area contributed by atoms with E-state index in [0.717, 1.165) is 22.6 Å². The van der Waals surface area contributed by atoms with Gasteiger partial charge in [-0.1, -0.05) is 42.5 Å². The van der Waals surface area contributed by atoms with E-state index < -0.39 is 0 Å². The first-order valence-electron chi connectivity index (χ1n) is 8.79. The lowest BCUT2D eigenvalue weighted by molar-refractivity contribution is 0.0938. The van der Waals surface area contributed by atoms with Gasteiger partial charge in [-0.15, -0.1) is 0 Å². The zero-order valence-corrected chi connectivity index (χ0v) is 14.6. The Morgan fingerprint density at radius 1 is 1.12 bits per heavy atom. The second-order valence-corrected chi connectivity index (χ2v) is 6.58. The highest BCUT2D eigenvalue weighted by atomic mass is 16.5. The lowest BCUT2D eigenvalue weighted by Crippen LogP contribution is -2.29. The molecule has 0 aliphatic heterocycles. The summed E-state index contributed by atoms with van der Waals surface area (Å²) in [5, 5.41) is 10.3. The Hall–Kier alpha value is -3.08. The van der Waals surface area contributed by atoms with E-state index in [2.05, 4.69) is 15.5 Å². The van der Waals surface area contributed by atoms with Crippen molar-refractivity contribution in [2.24, 2.45) is 0 Å². The van der Waals surface area contributed by atoms with Crippen molar-refractivity contribution in [2.45, 2.75) is 24.8 Å². The van der Waals surface area contributed by atoms with Crippen molar-refractivity contribution in [1.29, 1.82) is 0 Å². The molecule has 4 rings (SSSR count). The number of aromatic amines is 1. The molecule has 1 aliphatic rings. The molecular weight excluding hydrogens is 326 g/mol. The van der Waals surface area contributed by atoms with Crippen LogP contribution >= 0.6 is 0 Å². The summed E-state index contributed by atoms with van der Waals surface area (Å²) in [6, 6.07) is 19.2. The highest BCUT2D eigenvalue weighted by Crippen LogP contribution is 2.39. The van der Waals surface area contributed by atoms with Crippen LogP contribution in [0.25, 0.3) is 0 Å². The van der Waals surface area contributed by atoms with Crippen LogP contribution in [-0.2, 0) is 0 Å². The molecule has 1 unspecified atom stereocenters. The Labute approximate surface area is 152 Å². The number of hydrogen-bond acceptors (Lipinski definition) is 3. The van der Waals surface area contributed by atoms with E-state index in [1.54, 1.807) is 7.11 Å². The zero-order chi connectivity index (χ0) is 17.9. The molecule has 1 saturated carbocycles. The van der Waals surface area contributed by atoms with E-state index in [-0.39, 0.29) is 11.9 Å². The molecule has 5 heteroatoms. The quantitative estimate of drug-likeness (QED) is 0.712. The van der Waals surface area contributed by atoms with Gasteiger partial charge in [0.25, 0.3) is 5.91 Å². The number of carbonyl (C=O) groups is 1. The molecule has 3 aromatic rings. The molecule has 2 aromatic carbocycles. The van der Waals surface area contributed by atoms with Gasteiger partial charge in [-0.2, -0.15) is 5.10 Å². The molecule has 1 amide bonds. The smallest absolute Gasteiger partial charge is 0.272 e. The second-order valence-electron chi connectivity index (χ2n) is 6.58. The summed E-state index contributed by atoms with van der Waals surface area (Å²) < 4.78 is 5.34. The summed E-state index contributed by atoms with van der Waals surface area (Å²) in [6.07, 6.45) is 2.33. The fourth-order valence-electron chi connectivity index (χ4n) is 3.09. The molecule has 1 aliphatic carbocycles. The van der Waals surface area contributed by atoms with Gasteiger partial charge in [-0.3, -0.25) is 9.89 Å². The largest absolute Gasteiger partial charge is 0.497 e. The Morgan fingerprint density at radius 3 is 2.62 bits per heavy atom. The summed E-state index contributed by atoms with van der Waals surface area (Å²) in [5.74, 6) is 1.10. The number of methoxy groups -OCH3 is 1. The number of nitrogens with zero attached hydrogens (tertiary/aromatic N) is 1. The molecule has 0 saturated heterocycles. The lowest BCUT2D eigenvalue weighted by Gasteiger charge is -2.20. The summed E-state index contributed by atoms with van der Waals surface area (Å²) in [6.45, 7) is 0. The average molecular weight is 347 g/mol. The van der Waals surface area contributed by atoms with Crippen molar-refractivity contribution < 1.29 is 9.53 Å². The summed E-state index contributed by atoms with van der Waals surface area (Å²) >= 11 is 0. The number of aromatic nitrogens is 2. The molecule has 26 heavy (non-hydrogen) atoms. The van der Waals surface area contributed by atoms with E-state index in [1.807, 2.05) is 60.7 Å². The third-order valence-corrected chi connectivity index (χ3v) is 4.68. The maximum atomic E-state index is 12.8. The molecule has 2 N–H and O–H groups in total. The van der Waals surface area contributed by atoms with Gasteiger partial charge in [0.2, 0.25) is 0 Å². The van der Waals surface area contributed by atoms with Gasteiger partial charge in [0, 0.05) is 11.6 Å². The van der Waals surface area contributed by atoms with Gasteiger partial charge in [-0.25, -0.2) is 0 Å². The number of rotatable bonds is 6. The van der Waals surface area contributed by atoms with Crippen LogP contribution in [0.3, 0.4) is 0 Å². The van der Waals surface area contributed by atoms with Crippen LogP contribution in [0, 0.1) is 0 Å². The molecule has 5 nitrogen and oxygen atoms in total. The number of ether oxygens (including phenoxy) is 1. The van der Waals surface area contributed by atoms with E-state index in [4.69, 9.17) is 4.74 Å². The zero-order valence-electron chi connectivity index (χ0n) is 14.6. The van der Waals surface area contributed by atoms with Crippen molar-refractivity contribution in [1.82, 2.24) is 15.5 Å². The fourth-order valence-corrected chi connectivity index (χ4v) is 3.09. The third kappa shape index (κ3) is 3.47. The standard InChI is InChI=1S/C21H21N3O2/c1-26-17-9-5-8-16(12-17)20(15-6-3-2-4-7-15)22-21(25)19-13-18(23-24-19)14-10-11-14/h2-9,12-14,20H,10-11H2,1H3,(H,22,25)(H,23,24). The van der Waals surface area contributed by atoms with Gasteiger partial charge in [0.15, 0.2) is 0 Å². The number of carbonyl (C=O) groups excluding carboxylic acids is 1. The van der Waals surface area contributed by atoms with Crippen LogP contribution in [-0.4, -0.2) is 23.2 Å². The van der Waals surface area contributed by atoms with Crippen LogP contribution in [0.15, 0.2) is 60.7 Å². The average Bonchev–Trinajstić information content (AvgIpc) is 3.43. The van der Waals surface area contributed by atoms with Gasteiger partial charge < -0.3 is 10.1 Å². The van der Waals surface area contributed by atoms with Crippen molar-refractivity contribution in [3.8, 4) is 5.75 Å². The molecule has 0 radical (unpaired) electrons. The first kappa shape index (κ1) is 16.4. The maximum Gasteiger partial charge on any atom is 0.272 e. The minimum atomic E-state index is -0.278. The Bertz CT molecular complexity index is 900. The molecule has 1 heterocycles. The van der Waals surface area contributed by atoms with E-state index in [0.29, 0.717) is 11.6 Å². The van der Waals surface area contributed by atoms with E-state index in [1.165, 1.54) is 12.8 Å². The van der Waals surface area contributed by atoms with Crippen LogP contribution in [0.5, 0.6) is 5.75 Å². The molecule has 0 bridgehead atoms. The number of nitrogens with one attached hydrogen (secondary N) is 2. The van der Waals surface area contributed by atoms with Crippen molar-refractivity contribution in [3.05, 3.63) is 83.2 Å². The summed E-state index contributed by atoms with van der Waals surface area (Å²) in [4.78, 5) is 12.8. The molecule has 132 valence electrons. The number of benzene rings is 2. The van der Waals surface area contributed by atoms with Gasteiger partial charge in [0.05, 0.1) is 13.2 Å².